The largest absolute Gasteiger partial charge is 0.507 e. The van der Waals surface area contributed by atoms with Gasteiger partial charge in [0.1, 0.15) is 11.6 Å². The van der Waals surface area contributed by atoms with Gasteiger partial charge in [-0.3, -0.25) is 4.79 Å². The molecule has 1 aliphatic rings. The second-order valence-electron chi connectivity index (χ2n) is 12.1. The van der Waals surface area contributed by atoms with E-state index < -0.39 is 0 Å². The fraction of sp³-hybridized carbons (Fsp3) is 0.375. The number of carbonyl (C=O) groups excluding carboxylic acids is 1. The van der Waals surface area contributed by atoms with Gasteiger partial charge in [-0.15, -0.1) is 11.3 Å². The van der Waals surface area contributed by atoms with Crippen molar-refractivity contribution >= 4 is 40.5 Å². The lowest BCUT2D eigenvalue weighted by Gasteiger charge is -2.35. The molecule has 1 saturated heterocycles. The average molecular weight is 545 g/mol. The third-order valence-corrected chi connectivity index (χ3v) is 7.89. The molecule has 1 aliphatic heterocycles. The second kappa shape index (κ2) is 11.3. The van der Waals surface area contributed by atoms with Gasteiger partial charge in [0.15, 0.2) is 0 Å². The summed E-state index contributed by atoms with van der Waals surface area (Å²) in [5.41, 5.74) is 10.3. The van der Waals surface area contributed by atoms with Crippen LogP contribution in [-0.2, 0) is 15.6 Å². The molecule has 206 valence electrons. The summed E-state index contributed by atoms with van der Waals surface area (Å²) in [7, 11) is 0. The van der Waals surface area contributed by atoms with E-state index >= 15 is 0 Å². The number of nitrogens with two attached hydrogens (primary N) is 1. The van der Waals surface area contributed by atoms with Crippen molar-refractivity contribution in [2.75, 3.05) is 31.1 Å². The Morgan fingerprint density at radius 3 is 2.05 bits per heavy atom. The summed E-state index contributed by atoms with van der Waals surface area (Å²) in [6.07, 6.45) is 3.53. The normalized spacial score (nSPS) is 15.3. The lowest BCUT2D eigenvalue weighted by atomic mass is 9.78. The molecule has 0 atom stereocenters. The number of hydrogen-bond donors (Lipinski definition) is 2. The first-order valence-electron chi connectivity index (χ1n) is 13.4. The van der Waals surface area contributed by atoms with Crippen molar-refractivity contribution in [2.45, 2.75) is 52.4 Å². The van der Waals surface area contributed by atoms with E-state index in [1.807, 2.05) is 52.8 Å². The number of benzene rings is 2. The predicted octanol–water partition coefficient (Wildman–Crippen LogP) is 6.45. The smallest absolute Gasteiger partial charge is 0.246 e. The third kappa shape index (κ3) is 6.90. The first-order chi connectivity index (χ1) is 18.3. The van der Waals surface area contributed by atoms with Crippen molar-refractivity contribution in [3.05, 3.63) is 81.6 Å². The summed E-state index contributed by atoms with van der Waals surface area (Å²) in [5, 5.41) is 12.9. The van der Waals surface area contributed by atoms with Crippen LogP contribution in [0.15, 0.2) is 65.0 Å². The lowest BCUT2D eigenvalue weighted by Crippen LogP contribution is -2.48. The molecule has 4 rings (SSSR count). The van der Waals surface area contributed by atoms with E-state index in [4.69, 9.17) is 5.73 Å². The van der Waals surface area contributed by atoms with Gasteiger partial charge in [0.25, 0.3) is 0 Å². The number of phenols is 1. The maximum absolute atomic E-state index is 13.0. The number of amides is 1. The number of thiophene rings is 1. The van der Waals surface area contributed by atoms with Crippen molar-refractivity contribution < 1.29 is 9.90 Å². The van der Waals surface area contributed by atoms with Crippen molar-refractivity contribution in [3.63, 3.8) is 0 Å². The topological polar surface area (TPSA) is 82.2 Å². The Balaban J connectivity index is 1.39. The highest BCUT2D eigenvalue weighted by atomic mass is 32.1. The Hall–Kier alpha value is -3.58. The molecule has 0 saturated carbocycles. The van der Waals surface area contributed by atoms with Gasteiger partial charge in [0.05, 0.1) is 10.6 Å². The predicted molar refractivity (Wildman–Crippen MR) is 164 cm³/mol. The number of carbonyl (C=O) groups is 1. The first kappa shape index (κ1) is 28.4. The molecule has 1 amide bonds. The monoisotopic (exact) mass is 544 g/mol. The number of piperazine rings is 1. The minimum Gasteiger partial charge on any atom is -0.507 e. The molecule has 0 radical (unpaired) electrons. The van der Waals surface area contributed by atoms with Crippen LogP contribution in [0.2, 0.25) is 0 Å². The highest BCUT2D eigenvalue weighted by Gasteiger charge is 2.26. The zero-order valence-corrected chi connectivity index (χ0v) is 24.7. The highest BCUT2D eigenvalue weighted by molar-refractivity contribution is 7.12. The molecule has 1 fully saturated rings. The second-order valence-corrected chi connectivity index (χ2v) is 13.0. The quantitative estimate of drug-likeness (QED) is 0.220. The van der Waals surface area contributed by atoms with Gasteiger partial charge >= 0.3 is 0 Å². The lowest BCUT2D eigenvalue weighted by molar-refractivity contribution is -0.126. The number of nitrogens with zero attached hydrogens (tertiary/aromatic N) is 3. The van der Waals surface area contributed by atoms with Crippen LogP contribution in [0.5, 0.6) is 5.75 Å². The summed E-state index contributed by atoms with van der Waals surface area (Å²) in [5.74, 6) is 0.876. The molecule has 6 nitrogen and oxygen atoms in total. The molecule has 2 aromatic carbocycles. The van der Waals surface area contributed by atoms with Gasteiger partial charge in [-0.1, -0.05) is 47.6 Å². The zero-order chi connectivity index (χ0) is 28.4. The molecule has 0 unspecified atom stereocenters. The molecular formula is C32H40N4O2S. The van der Waals surface area contributed by atoms with Crippen LogP contribution in [-0.4, -0.2) is 47.9 Å². The van der Waals surface area contributed by atoms with Crippen molar-refractivity contribution in [1.29, 1.82) is 0 Å². The average Bonchev–Trinajstić information content (AvgIpc) is 3.42. The summed E-state index contributed by atoms with van der Waals surface area (Å²) >= 11 is 1.57. The van der Waals surface area contributed by atoms with Crippen LogP contribution in [0, 0.1) is 0 Å². The number of hydrogen-bond acceptors (Lipinski definition) is 5. The SMILES string of the molecule is CC(C)(C)c1cc(C=CC(=O)N2CCN(c3ccc(N=C(N)c4cccs4)cc3)CC2)cc(C(C)(C)C)c1O. The molecule has 0 aliphatic carbocycles. The van der Waals surface area contributed by atoms with Crippen molar-refractivity contribution in [3.8, 4) is 5.75 Å². The zero-order valence-electron chi connectivity index (χ0n) is 23.9. The van der Waals surface area contributed by atoms with Gasteiger partial charge in [0, 0.05) is 49.1 Å². The van der Waals surface area contributed by atoms with Crippen LogP contribution in [0.4, 0.5) is 11.4 Å². The molecule has 2 heterocycles. The van der Waals surface area contributed by atoms with Crippen LogP contribution >= 0.6 is 11.3 Å². The molecule has 0 spiro atoms. The van der Waals surface area contributed by atoms with Crippen molar-refractivity contribution in [1.82, 2.24) is 4.90 Å². The van der Waals surface area contributed by atoms with Crippen molar-refractivity contribution in [2.24, 2.45) is 10.7 Å². The van der Waals surface area contributed by atoms with Gasteiger partial charge in [-0.2, -0.15) is 0 Å². The van der Waals surface area contributed by atoms with E-state index in [2.05, 4.69) is 63.6 Å². The summed E-state index contributed by atoms with van der Waals surface area (Å²) in [6, 6.07) is 16.0. The Labute approximate surface area is 236 Å². The summed E-state index contributed by atoms with van der Waals surface area (Å²) in [4.78, 5) is 22.7. The Bertz CT molecular complexity index is 1320. The standard InChI is InChI=1S/C32H40N4O2S/c1-31(2,3)25-20-22(21-26(29(25)38)32(4,5)6)9-14-28(37)36-17-15-35(16-18-36)24-12-10-23(11-13-24)34-30(33)27-8-7-19-39-27/h7-14,19-21,38H,15-18H2,1-6H3,(H2,33,34). The van der Waals surface area contributed by atoms with E-state index in [1.54, 1.807) is 17.4 Å². The van der Waals surface area contributed by atoms with Gasteiger partial charge < -0.3 is 20.6 Å². The molecule has 3 aromatic rings. The van der Waals surface area contributed by atoms with Crippen LogP contribution in [0.25, 0.3) is 6.08 Å². The number of amidine groups is 1. The Kier molecular flexibility index (Phi) is 8.21. The number of aromatic hydroxyl groups is 1. The molecule has 3 N–H and O–H groups in total. The molecule has 0 bridgehead atoms. The van der Waals surface area contributed by atoms with E-state index in [9.17, 15) is 9.90 Å². The summed E-state index contributed by atoms with van der Waals surface area (Å²) < 4.78 is 0. The van der Waals surface area contributed by atoms with E-state index in [0.717, 1.165) is 46.0 Å². The van der Waals surface area contributed by atoms with E-state index in [0.29, 0.717) is 24.7 Å². The van der Waals surface area contributed by atoms with Gasteiger partial charge in [-0.25, -0.2) is 4.99 Å². The minimum atomic E-state index is -0.213. The van der Waals surface area contributed by atoms with E-state index in [1.165, 1.54) is 0 Å². The number of rotatable bonds is 5. The van der Waals surface area contributed by atoms with Gasteiger partial charge in [-0.05, 0) is 70.3 Å². The molecule has 7 heteroatoms. The Morgan fingerprint density at radius 2 is 1.54 bits per heavy atom. The molecule has 39 heavy (non-hydrogen) atoms. The highest BCUT2D eigenvalue weighted by Crippen LogP contribution is 2.40. The van der Waals surface area contributed by atoms with Crippen LogP contribution in [0.1, 0.15) is 63.1 Å². The fourth-order valence-corrected chi connectivity index (χ4v) is 5.34. The fourth-order valence-electron chi connectivity index (χ4n) is 4.71. The van der Waals surface area contributed by atoms with Gasteiger partial charge in [0.2, 0.25) is 5.91 Å². The third-order valence-electron chi connectivity index (χ3n) is 7.00. The molecule has 1 aromatic heterocycles. The summed E-state index contributed by atoms with van der Waals surface area (Å²) in [6.45, 7) is 15.4. The number of anilines is 1. The van der Waals surface area contributed by atoms with E-state index in [-0.39, 0.29) is 16.7 Å². The minimum absolute atomic E-state index is 0.00563. The maximum Gasteiger partial charge on any atom is 0.246 e. The number of phenolic OH excluding ortho intramolecular Hbond substituents is 1. The van der Waals surface area contributed by atoms with Crippen LogP contribution in [0.3, 0.4) is 0 Å². The number of aliphatic imine (C=N–C) groups is 1. The first-order valence-corrected chi connectivity index (χ1v) is 14.3. The maximum atomic E-state index is 13.0. The Morgan fingerprint density at radius 1 is 0.949 bits per heavy atom. The van der Waals surface area contributed by atoms with Crippen LogP contribution < -0.4 is 10.6 Å². The molecular weight excluding hydrogens is 504 g/mol.